The van der Waals surface area contributed by atoms with Crippen molar-refractivity contribution in [2.75, 3.05) is 17.8 Å². The van der Waals surface area contributed by atoms with E-state index in [4.69, 9.17) is 0 Å². The number of anilines is 1. The fraction of sp³-hybridized carbons (Fsp3) is 0.148. The molecule has 6 nitrogen and oxygen atoms in total. The summed E-state index contributed by atoms with van der Waals surface area (Å²) in [5.41, 5.74) is 5.34. The largest absolute Gasteiger partial charge is 0.361 e. The van der Waals surface area contributed by atoms with E-state index in [0.29, 0.717) is 24.3 Å². The molecule has 0 fully saturated rings. The molecule has 1 amide bonds. The van der Waals surface area contributed by atoms with Crippen LogP contribution in [0.1, 0.15) is 27.9 Å². The number of fused-ring (bicyclic) bond motifs is 1. The van der Waals surface area contributed by atoms with Gasteiger partial charge >= 0.3 is 0 Å². The van der Waals surface area contributed by atoms with Crippen molar-refractivity contribution in [3.63, 3.8) is 0 Å². The quantitative estimate of drug-likeness (QED) is 0.419. The van der Waals surface area contributed by atoms with Gasteiger partial charge in [0.25, 0.3) is 15.9 Å². The summed E-state index contributed by atoms with van der Waals surface area (Å²) in [6.45, 7) is 2.99. The van der Waals surface area contributed by atoms with Crippen LogP contribution in [0, 0.1) is 6.92 Å². The molecule has 0 saturated carbocycles. The van der Waals surface area contributed by atoms with Gasteiger partial charge in [-0.2, -0.15) is 0 Å². The van der Waals surface area contributed by atoms with E-state index >= 15 is 0 Å². The number of hydrogen-bond acceptors (Lipinski definition) is 3. The van der Waals surface area contributed by atoms with Gasteiger partial charge < -0.3 is 9.88 Å². The summed E-state index contributed by atoms with van der Waals surface area (Å²) in [5, 5.41) is 1.17. The molecule has 1 aliphatic rings. The van der Waals surface area contributed by atoms with Crippen LogP contribution in [0.25, 0.3) is 16.5 Å². The molecule has 34 heavy (non-hydrogen) atoms. The maximum atomic E-state index is 13.2. The Kier molecular flexibility index (Phi) is 5.71. The first-order valence-electron chi connectivity index (χ1n) is 11.1. The van der Waals surface area contributed by atoms with Gasteiger partial charge in [-0.3, -0.25) is 9.52 Å². The Balaban J connectivity index is 1.33. The lowest BCUT2D eigenvalue weighted by Crippen LogP contribution is -2.34. The predicted molar refractivity (Wildman–Crippen MR) is 135 cm³/mol. The van der Waals surface area contributed by atoms with Crippen molar-refractivity contribution in [1.29, 1.82) is 0 Å². The van der Waals surface area contributed by atoms with E-state index in [-0.39, 0.29) is 10.8 Å². The lowest BCUT2D eigenvalue weighted by atomic mass is 9.98. The first kappa shape index (κ1) is 22.0. The van der Waals surface area contributed by atoms with E-state index in [1.165, 1.54) is 23.1 Å². The number of H-pyrrole nitrogens is 1. The topological polar surface area (TPSA) is 82.3 Å². The van der Waals surface area contributed by atoms with Gasteiger partial charge in [-0.15, -0.1) is 0 Å². The third-order valence-electron chi connectivity index (χ3n) is 6.13. The second-order valence-electron chi connectivity index (χ2n) is 8.48. The Bertz CT molecular complexity index is 1500. The number of carbonyl (C=O) groups is 1. The number of sulfonamides is 1. The van der Waals surface area contributed by atoms with Gasteiger partial charge in [0.05, 0.1) is 4.90 Å². The fourth-order valence-electron chi connectivity index (χ4n) is 4.25. The highest BCUT2D eigenvalue weighted by Gasteiger charge is 2.22. The van der Waals surface area contributed by atoms with Crippen LogP contribution in [-0.4, -0.2) is 37.3 Å². The second-order valence-corrected chi connectivity index (χ2v) is 10.2. The number of nitrogens with one attached hydrogen (secondary N) is 2. The Morgan fingerprint density at radius 3 is 2.56 bits per heavy atom. The number of hydrogen-bond donors (Lipinski definition) is 2. The third kappa shape index (κ3) is 4.34. The standard InChI is InChI=1S/C27H25N3O3S/c1-19-9-11-22(12-10-19)29-34(32,33)23-6-4-5-21(17-23)27(31)30-15-13-20(14-16-30)25-18-28-26-8-3-2-7-24(25)26/h2-13,17-18,28-29H,14-16H2,1H3. The number of amides is 1. The second kappa shape index (κ2) is 8.83. The molecule has 4 aromatic rings. The van der Waals surface area contributed by atoms with E-state index in [1.807, 2.05) is 43.5 Å². The number of aromatic nitrogens is 1. The molecule has 3 aromatic carbocycles. The summed E-state index contributed by atoms with van der Waals surface area (Å²) < 4.78 is 28.3. The van der Waals surface area contributed by atoms with Gasteiger partial charge in [0.2, 0.25) is 0 Å². The average molecular weight is 472 g/mol. The Labute approximate surface area is 199 Å². The first-order chi connectivity index (χ1) is 16.4. The molecule has 172 valence electrons. The van der Waals surface area contributed by atoms with E-state index in [1.54, 1.807) is 29.2 Å². The van der Waals surface area contributed by atoms with E-state index in [0.717, 1.165) is 23.1 Å². The normalized spacial score (nSPS) is 14.1. The molecule has 2 N–H and O–H groups in total. The number of para-hydroxylation sites is 1. The van der Waals surface area contributed by atoms with Crippen molar-refractivity contribution in [1.82, 2.24) is 9.88 Å². The third-order valence-corrected chi connectivity index (χ3v) is 7.51. The number of benzene rings is 3. The summed E-state index contributed by atoms with van der Waals surface area (Å²) in [6.07, 6.45) is 4.83. The molecule has 5 rings (SSSR count). The Morgan fingerprint density at radius 2 is 1.79 bits per heavy atom. The van der Waals surface area contributed by atoms with Gasteiger partial charge in [0.1, 0.15) is 0 Å². The molecular weight excluding hydrogens is 446 g/mol. The minimum atomic E-state index is -3.81. The van der Waals surface area contributed by atoms with E-state index in [2.05, 4.69) is 21.8 Å². The molecule has 0 bridgehead atoms. The summed E-state index contributed by atoms with van der Waals surface area (Å²) in [7, 11) is -3.81. The first-order valence-corrected chi connectivity index (χ1v) is 12.6. The molecule has 2 heterocycles. The maximum Gasteiger partial charge on any atom is 0.261 e. The minimum Gasteiger partial charge on any atom is -0.361 e. The van der Waals surface area contributed by atoms with Gasteiger partial charge in [-0.25, -0.2) is 8.42 Å². The lowest BCUT2D eigenvalue weighted by Gasteiger charge is -2.26. The molecular formula is C27H25N3O3S. The SMILES string of the molecule is Cc1ccc(NS(=O)(=O)c2cccc(C(=O)N3CC=C(c4c[nH]c5ccccc45)CC3)c2)cc1. The van der Waals surface area contributed by atoms with Crippen LogP contribution < -0.4 is 4.72 Å². The monoisotopic (exact) mass is 471 g/mol. The highest BCUT2D eigenvalue weighted by Crippen LogP contribution is 2.29. The molecule has 0 aliphatic carbocycles. The molecule has 0 radical (unpaired) electrons. The zero-order chi connectivity index (χ0) is 23.7. The number of aromatic amines is 1. The van der Waals surface area contributed by atoms with Crippen LogP contribution in [0.5, 0.6) is 0 Å². The van der Waals surface area contributed by atoms with E-state index < -0.39 is 10.0 Å². The van der Waals surface area contributed by atoms with Gasteiger partial charge in [-0.1, -0.05) is 48.0 Å². The van der Waals surface area contributed by atoms with Crippen molar-refractivity contribution >= 4 is 38.1 Å². The highest BCUT2D eigenvalue weighted by atomic mass is 32.2. The Morgan fingerprint density at radius 1 is 1.00 bits per heavy atom. The number of nitrogens with zero attached hydrogens (tertiary/aromatic N) is 1. The van der Waals surface area contributed by atoms with Crippen LogP contribution in [0.15, 0.2) is 90.0 Å². The Hall–Kier alpha value is -3.84. The summed E-state index contributed by atoms with van der Waals surface area (Å²) in [5.74, 6) is -0.179. The van der Waals surface area contributed by atoms with Crippen LogP contribution in [0.4, 0.5) is 5.69 Å². The predicted octanol–water partition coefficient (Wildman–Crippen LogP) is 5.21. The number of aryl methyl sites for hydroxylation is 1. The van der Waals surface area contributed by atoms with Crippen LogP contribution in [0.3, 0.4) is 0 Å². The van der Waals surface area contributed by atoms with Crippen LogP contribution >= 0.6 is 0 Å². The smallest absolute Gasteiger partial charge is 0.261 e. The zero-order valence-electron chi connectivity index (χ0n) is 18.8. The van der Waals surface area contributed by atoms with Crippen LogP contribution in [-0.2, 0) is 10.0 Å². The highest BCUT2D eigenvalue weighted by molar-refractivity contribution is 7.92. The fourth-order valence-corrected chi connectivity index (χ4v) is 5.35. The molecule has 1 aliphatic heterocycles. The summed E-state index contributed by atoms with van der Waals surface area (Å²) >= 11 is 0. The maximum absolute atomic E-state index is 13.2. The van der Waals surface area contributed by atoms with Crippen molar-refractivity contribution in [3.05, 3.63) is 102 Å². The van der Waals surface area contributed by atoms with E-state index in [9.17, 15) is 13.2 Å². The van der Waals surface area contributed by atoms with Crippen molar-refractivity contribution in [2.45, 2.75) is 18.2 Å². The molecule has 1 aromatic heterocycles. The van der Waals surface area contributed by atoms with Crippen molar-refractivity contribution in [2.24, 2.45) is 0 Å². The summed E-state index contributed by atoms with van der Waals surface area (Å²) in [6, 6.07) is 21.5. The van der Waals surface area contributed by atoms with Crippen molar-refractivity contribution in [3.8, 4) is 0 Å². The number of rotatable bonds is 5. The zero-order valence-corrected chi connectivity index (χ0v) is 19.6. The molecule has 0 atom stereocenters. The van der Waals surface area contributed by atoms with Crippen molar-refractivity contribution < 1.29 is 13.2 Å². The summed E-state index contributed by atoms with van der Waals surface area (Å²) in [4.78, 5) is 18.3. The van der Waals surface area contributed by atoms with Gasteiger partial charge in [-0.05, 0) is 55.3 Å². The van der Waals surface area contributed by atoms with Gasteiger partial charge in [0.15, 0.2) is 0 Å². The number of carbonyl (C=O) groups excluding carboxylic acids is 1. The average Bonchev–Trinajstić information content (AvgIpc) is 3.29. The lowest BCUT2D eigenvalue weighted by molar-refractivity contribution is 0.0772. The molecule has 0 saturated heterocycles. The molecule has 0 spiro atoms. The molecule has 0 unspecified atom stereocenters. The van der Waals surface area contributed by atoms with Crippen LogP contribution in [0.2, 0.25) is 0 Å². The van der Waals surface area contributed by atoms with Gasteiger partial charge in [0, 0.05) is 47.0 Å². The minimum absolute atomic E-state index is 0.0611. The molecule has 7 heteroatoms.